The number of halogens is 3. The van der Waals surface area contributed by atoms with Gasteiger partial charge in [0.15, 0.2) is 0 Å². The Balaban J connectivity index is 2.14. The molecule has 25 heavy (non-hydrogen) atoms. The number of nitro benzene ring substituents is 1. The van der Waals surface area contributed by atoms with E-state index in [0.717, 1.165) is 6.26 Å². The number of alkyl halides is 3. The van der Waals surface area contributed by atoms with Gasteiger partial charge in [0, 0.05) is 25.2 Å². The second-order valence-corrected chi connectivity index (χ2v) is 7.82. The topological polar surface area (TPSA) is 83.8 Å². The molecule has 1 aromatic rings. The number of hydrogen-bond donors (Lipinski definition) is 0. The molecule has 11 heteroatoms. The van der Waals surface area contributed by atoms with Crippen LogP contribution in [0.25, 0.3) is 0 Å². The van der Waals surface area contributed by atoms with Crippen LogP contribution in [0.5, 0.6) is 0 Å². The summed E-state index contributed by atoms with van der Waals surface area (Å²) in [4.78, 5) is 12.3. The van der Waals surface area contributed by atoms with Crippen molar-refractivity contribution in [2.45, 2.75) is 25.1 Å². The van der Waals surface area contributed by atoms with Crippen molar-refractivity contribution in [2.75, 3.05) is 30.8 Å². The fourth-order valence-corrected chi connectivity index (χ4v) is 4.11. The first kappa shape index (κ1) is 19.4. The van der Waals surface area contributed by atoms with Crippen molar-refractivity contribution in [3.8, 4) is 0 Å². The molecule has 0 aromatic heterocycles. The first-order valence-electron chi connectivity index (χ1n) is 7.51. The maximum Gasteiger partial charge on any atom is 0.402 e. The molecule has 140 valence electrons. The van der Waals surface area contributed by atoms with Crippen LogP contribution in [0.1, 0.15) is 12.8 Å². The minimum atomic E-state index is -4.63. The quantitative estimate of drug-likeness (QED) is 0.578. The normalized spacial score (nSPS) is 17.1. The summed E-state index contributed by atoms with van der Waals surface area (Å²) in [5.74, 6) is 0. The van der Waals surface area contributed by atoms with E-state index in [4.69, 9.17) is 0 Å². The zero-order chi connectivity index (χ0) is 18.8. The van der Waals surface area contributed by atoms with Crippen LogP contribution in [0.15, 0.2) is 24.3 Å². The molecule has 0 unspecified atom stereocenters. The Morgan fingerprint density at radius 1 is 1.28 bits per heavy atom. The maximum absolute atomic E-state index is 12.7. The lowest BCUT2D eigenvalue weighted by Gasteiger charge is -2.38. The molecule has 0 N–H and O–H groups in total. The minimum Gasteiger partial charge on any atom is -0.366 e. The van der Waals surface area contributed by atoms with Gasteiger partial charge in [-0.25, -0.2) is 8.42 Å². The lowest BCUT2D eigenvalue weighted by Crippen LogP contribution is -2.50. The van der Waals surface area contributed by atoms with Crippen molar-refractivity contribution in [1.82, 2.24) is 4.31 Å². The number of rotatable bonds is 5. The Morgan fingerprint density at radius 3 is 2.32 bits per heavy atom. The van der Waals surface area contributed by atoms with E-state index in [2.05, 4.69) is 0 Å². The van der Waals surface area contributed by atoms with E-state index < -0.39 is 33.7 Å². The molecule has 0 radical (unpaired) electrons. The van der Waals surface area contributed by atoms with Crippen LogP contribution in [0.4, 0.5) is 24.5 Å². The lowest BCUT2D eigenvalue weighted by atomic mass is 10.0. The van der Waals surface area contributed by atoms with E-state index >= 15 is 0 Å². The molecule has 0 amide bonds. The molecule has 0 aliphatic carbocycles. The first-order chi connectivity index (χ1) is 11.5. The average Bonchev–Trinajstić information content (AvgIpc) is 2.51. The van der Waals surface area contributed by atoms with Gasteiger partial charge < -0.3 is 4.90 Å². The highest BCUT2D eigenvalue weighted by Crippen LogP contribution is 2.32. The van der Waals surface area contributed by atoms with Crippen molar-refractivity contribution < 1.29 is 26.5 Å². The van der Waals surface area contributed by atoms with Crippen LogP contribution in [-0.4, -0.2) is 55.8 Å². The number of para-hydroxylation sites is 2. The molecule has 0 spiro atoms. The molecule has 1 aromatic carbocycles. The lowest BCUT2D eigenvalue weighted by molar-refractivity contribution is -0.384. The minimum absolute atomic E-state index is 0.0868. The van der Waals surface area contributed by atoms with Gasteiger partial charge in [-0.05, 0) is 18.9 Å². The first-order valence-corrected chi connectivity index (χ1v) is 9.36. The van der Waals surface area contributed by atoms with Gasteiger partial charge in [-0.1, -0.05) is 12.1 Å². The summed E-state index contributed by atoms with van der Waals surface area (Å²) >= 11 is 0. The summed E-state index contributed by atoms with van der Waals surface area (Å²) < 4.78 is 62.0. The molecule has 1 aliphatic rings. The Morgan fingerprint density at radius 2 is 1.84 bits per heavy atom. The molecule has 1 saturated heterocycles. The van der Waals surface area contributed by atoms with Gasteiger partial charge in [0.25, 0.3) is 5.69 Å². The number of sulfonamides is 1. The van der Waals surface area contributed by atoms with E-state index in [9.17, 15) is 31.7 Å². The van der Waals surface area contributed by atoms with Crippen molar-refractivity contribution in [1.29, 1.82) is 0 Å². The molecule has 7 nitrogen and oxygen atoms in total. The summed E-state index contributed by atoms with van der Waals surface area (Å²) in [7, 11) is -4.01. The van der Waals surface area contributed by atoms with Crippen molar-refractivity contribution in [2.24, 2.45) is 0 Å². The summed E-state index contributed by atoms with van der Waals surface area (Å²) in [5.41, 5.74) is 0.295. The molecule has 1 heterocycles. The Bertz CT molecular complexity index is 731. The summed E-state index contributed by atoms with van der Waals surface area (Å²) in [6.07, 6.45) is -3.55. The number of nitro groups is 1. The SMILES string of the molecule is CS(=O)(=O)N(CC(F)(F)F)C1CCN(c2ccccc2[N+](=O)[O-])CC1. The van der Waals surface area contributed by atoms with Gasteiger partial charge in [0.05, 0.1) is 11.2 Å². The number of piperidine rings is 1. The Hall–Kier alpha value is -1.88. The molecular weight excluding hydrogens is 363 g/mol. The van der Waals surface area contributed by atoms with Crippen LogP contribution < -0.4 is 4.90 Å². The zero-order valence-corrected chi connectivity index (χ0v) is 14.3. The van der Waals surface area contributed by atoms with Gasteiger partial charge in [0.1, 0.15) is 12.2 Å². The van der Waals surface area contributed by atoms with Gasteiger partial charge in [0.2, 0.25) is 10.0 Å². The molecular formula is C14H18F3N3O4S. The van der Waals surface area contributed by atoms with Crippen LogP contribution >= 0.6 is 0 Å². The number of hydrogen-bond acceptors (Lipinski definition) is 5. The fraction of sp³-hybridized carbons (Fsp3) is 0.571. The highest BCUT2D eigenvalue weighted by molar-refractivity contribution is 7.88. The Kier molecular flexibility index (Phi) is 5.57. The third kappa shape index (κ3) is 5.05. The summed E-state index contributed by atoms with van der Waals surface area (Å²) in [6.45, 7) is -1.05. The number of anilines is 1. The summed E-state index contributed by atoms with van der Waals surface area (Å²) in [5, 5.41) is 11.1. The standard InChI is InChI=1S/C14H18F3N3O4S/c1-25(23,24)19(10-14(15,16)17)11-6-8-18(9-7-11)12-4-2-3-5-13(12)20(21)22/h2-5,11H,6-10H2,1H3. The molecule has 0 bridgehead atoms. The monoisotopic (exact) mass is 381 g/mol. The molecule has 1 aliphatic heterocycles. The third-order valence-corrected chi connectivity index (χ3v) is 5.33. The molecule has 0 saturated carbocycles. The molecule has 2 rings (SSSR count). The van der Waals surface area contributed by atoms with E-state index in [1.165, 1.54) is 12.1 Å². The van der Waals surface area contributed by atoms with E-state index in [1.54, 1.807) is 17.0 Å². The number of benzene rings is 1. The highest BCUT2D eigenvalue weighted by Gasteiger charge is 2.39. The van der Waals surface area contributed by atoms with Crippen molar-refractivity contribution >= 4 is 21.4 Å². The van der Waals surface area contributed by atoms with Crippen LogP contribution in [0, 0.1) is 10.1 Å². The van der Waals surface area contributed by atoms with Gasteiger partial charge >= 0.3 is 6.18 Å². The zero-order valence-electron chi connectivity index (χ0n) is 13.4. The second-order valence-electron chi connectivity index (χ2n) is 5.89. The van der Waals surface area contributed by atoms with Crippen molar-refractivity contribution in [3.63, 3.8) is 0 Å². The second kappa shape index (κ2) is 7.16. The highest BCUT2D eigenvalue weighted by atomic mass is 32.2. The van der Waals surface area contributed by atoms with Crippen LogP contribution in [0.2, 0.25) is 0 Å². The van der Waals surface area contributed by atoms with Gasteiger partial charge in [-0.2, -0.15) is 17.5 Å². The van der Waals surface area contributed by atoms with Crippen molar-refractivity contribution in [3.05, 3.63) is 34.4 Å². The van der Waals surface area contributed by atoms with Gasteiger partial charge in [-0.3, -0.25) is 10.1 Å². The van der Waals surface area contributed by atoms with E-state index in [0.29, 0.717) is 9.99 Å². The predicted octanol–water partition coefficient (Wildman–Crippen LogP) is 2.39. The van der Waals surface area contributed by atoms with E-state index in [1.807, 2.05) is 0 Å². The largest absolute Gasteiger partial charge is 0.402 e. The van der Waals surface area contributed by atoms with Gasteiger partial charge in [-0.15, -0.1) is 0 Å². The maximum atomic E-state index is 12.7. The Labute approximate surface area is 143 Å². The van der Waals surface area contributed by atoms with Crippen LogP contribution in [-0.2, 0) is 10.0 Å². The molecule has 1 fully saturated rings. The summed E-state index contributed by atoms with van der Waals surface area (Å²) in [6, 6.07) is 5.32. The molecule has 0 atom stereocenters. The average molecular weight is 381 g/mol. The van der Waals surface area contributed by atoms with Crippen LogP contribution in [0.3, 0.4) is 0 Å². The van der Waals surface area contributed by atoms with E-state index in [-0.39, 0.29) is 31.6 Å². The number of nitrogens with zero attached hydrogens (tertiary/aromatic N) is 3. The predicted molar refractivity (Wildman–Crippen MR) is 85.9 cm³/mol. The fourth-order valence-electron chi connectivity index (χ4n) is 2.97. The smallest absolute Gasteiger partial charge is 0.366 e. The third-order valence-electron chi connectivity index (χ3n) is 4.05.